The summed E-state index contributed by atoms with van der Waals surface area (Å²) < 4.78 is 23.0. The van der Waals surface area contributed by atoms with Gasteiger partial charge in [-0.05, 0) is 37.0 Å². The minimum atomic E-state index is -0.416. The van der Waals surface area contributed by atoms with Gasteiger partial charge in [0.05, 0.1) is 13.5 Å². The molecule has 6 heteroatoms. The maximum absolute atomic E-state index is 12.9. The van der Waals surface area contributed by atoms with Gasteiger partial charge in [0.25, 0.3) is 5.91 Å². The second kappa shape index (κ2) is 8.62. The summed E-state index contributed by atoms with van der Waals surface area (Å²) in [6.45, 7) is 1.35. The highest BCUT2D eigenvalue weighted by molar-refractivity contribution is 5.81. The van der Waals surface area contributed by atoms with Crippen molar-refractivity contribution in [2.24, 2.45) is 0 Å². The lowest BCUT2D eigenvalue weighted by atomic mass is 10.1. The molecular weight excluding hydrogens is 301 g/mol. The standard InChI is InChI=1S/C17H22FNO4/c1-22-16(20)9-11-19(17(21)15-3-2-12-23-15)10-8-13-4-6-14(18)7-5-13/h4-7,15H,2-3,8-12H2,1H3. The van der Waals surface area contributed by atoms with Crippen LogP contribution >= 0.6 is 0 Å². The number of nitrogens with zero attached hydrogens (tertiary/aromatic N) is 1. The van der Waals surface area contributed by atoms with Crippen LogP contribution in [0, 0.1) is 5.82 Å². The number of amides is 1. The van der Waals surface area contributed by atoms with E-state index in [0.29, 0.717) is 32.5 Å². The second-order valence-electron chi connectivity index (χ2n) is 5.53. The van der Waals surface area contributed by atoms with Crippen molar-refractivity contribution in [2.75, 3.05) is 26.8 Å². The average Bonchev–Trinajstić information content (AvgIpc) is 3.10. The summed E-state index contributed by atoms with van der Waals surface area (Å²) in [5, 5.41) is 0. The Morgan fingerprint density at radius 3 is 2.65 bits per heavy atom. The van der Waals surface area contributed by atoms with Crippen LogP contribution in [-0.4, -0.2) is 49.7 Å². The molecule has 1 aromatic rings. The van der Waals surface area contributed by atoms with E-state index in [0.717, 1.165) is 12.0 Å². The van der Waals surface area contributed by atoms with Crippen molar-refractivity contribution >= 4 is 11.9 Å². The molecule has 0 bridgehead atoms. The van der Waals surface area contributed by atoms with Crippen LogP contribution in [-0.2, 0) is 25.5 Å². The van der Waals surface area contributed by atoms with E-state index in [2.05, 4.69) is 4.74 Å². The normalized spacial score (nSPS) is 17.0. The van der Waals surface area contributed by atoms with Gasteiger partial charge in [-0.3, -0.25) is 9.59 Å². The van der Waals surface area contributed by atoms with E-state index in [1.54, 1.807) is 17.0 Å². The molecule has 2 rings (SSSR count). The smallest absolute Gasteiger partial charge is 0.307 e. The van der Waals surface area contributed by atoms with E-state index in [1.807, 2.05) is 0 Å². The molecule has 23 heavy (non-hydrogen) atoms. The number of esters is 1. The summed E-state index contributed by atoms with van der Waals surface area (Å²) in [4.78, 5) is 25.5. The molecule has 0 spiro atoms. The molecule has 1 aliphatic rings. The first-order valence-corrected chi connectivity index (χ1v) is 7.82. The highest BCUT2D eigenvalue weighted by Crippen LogP contribution is 2.16. The molecule has 1 unspecified atom stereocenters. The Bertz CT molecular complexity index is 526. The summed E-state index contributed by atoms with van der Waals surface area (Å²) in [6.07, 6.45) is 1.92. The van der Waals surface area contributed by atoms with Crippen molar-refractivity contribution in [3.63, 3.8) is 0 Å². The van der Waals surface area contributed by atoms with E-state index >= 15 is 0 Å². The summed E-state index contributed by atoms with van der Waals surface area (Å²) >= 11 is 0. The minimum absolute atomic E-state index is 0.0893. The summed E-state index contributed by atoms with van der Waals surface area (Å²) in [7, 11) is 1.33. The predicted octanol–water partition coefficient (Wildman–Crippen LogP) is 1.94. The molecule has 0 aromatic heterocycles. The molecule has 1 fully saturated rings. The molecule has 1 heterocycles. The number of methoxy groups -OCH3 is 1. The molecule has 1 aromatic carbocycles. The number of ether oxygens (including phenoxy) is 2. The minimum Gasteiger partial charge on any atom is -0.469 e. The number of hydrogen-bond acceptors (Lipinski definition) is 4. The molecule has 126 valence electrons. The SMILES string of the molecule is COC(=O)CCN(CCc1ccc(F)cc1)C(=O)C1CCCO1. The number of carbonyl (C=O) groups is 2. The predicted molar refractivity (Wildman–Crippen MR) is 82.3 cm³/mol. The van der Waals surface area contributed by atoms with Gasteiger partial charge in [-0.25, -0.2) is 4.39 Å². The fourth-order valence-corrected chi connectivity index (χ4v) is 2.55. The Labute approximate surface area is 135 Å². The van der Waals surface area contributed by atoms with Crippen molar-refractivity contribution in [1.82, 2.24) is 4.90 Å². The molecule has 0 saturated carbocycles. The van der Waals surface area contributed by atoms with Gasteiger partial charge in [0.15, 0.2) is 0 Å². The van der Waals surface area contributed by atoms with Crippen LogP contribution in [0.1, 0.15) is 24.8 Å². The third-order valence-electron chi connectivity index (χ3n) is 3.91. The number of halogens is 1. The molecule has 5 nitrogen and oxygen atoms in total. The Morgan fingerprint density at radius 1 is 1.30 bits per heavy atom. The van der Waals surface area contributed by atoms with Gasteiger partial charge in [0.1, 0.15) is 11.9 Å². The fourth-order valence-electron chi connectivity index (χ4n) is 2.55. The fraction of sp³-hybridized carbons (Fsp3) is 0.529. The van der Waals surface area contributed by atoms with Crippen LogP contribution in [0.3, 0.4) is 0 Å². The molecule has 1 amide bonds. The van der Waals surface area contributed by atoms with Crippen molar-refractivity contribution in [1.29, 1.82) is 0 Å². The first-order chi connectivity index (χ1) is 11.1. The van der Waals surface area contributed by atoms with Crippen molar-refractivity contribution in [2.45, 2.75) is 31.8 Å². The lowest BCUT2D eigenvalue weighted by molar-refractivity contribution is -0.144. The van der Waals surface area contributed by atoms with E-state index in [9.17, 15) is 14.0 Å². The van der Waals surface area contributed by atoms with Crippen LogP contribution < -0.4 is 0 Å². The maximum atomic E-state index is 12.9. The third kappa shape index (κ3) is 5.32. The van der Waals surface area contributed by atoms with Crippen LogP contribution in [0.2, 0.25) is 0 Å². The Hall–Kier alpha value is -1.95. The van der Waals surface area contributed by atoms with E-state index in [1.165, 1.54) is 19.2 Å². The Balaban J connectivity index is 1.95. The lowest BCUT2D eigenvalue weighted by Gasteiger charge is -2.25. The van der Waals surface area contributed by atoms with Gasteiger partial charge < -0.3 is 14.4 Å². The van der Waals surface area contributed by atoms with Crippen LogP contribution in [0.25, 0.3) is 0 Å². The number of hydrogen-bond donors (Lipinski definition) is 0. The molecule has 0 N–H and O–H groups in total. The van der Waals surface area contributed by atoms with Gasteiger partial charge in [0.2, 0.25) is 0 Å². The van der Waals surface area contributed by atoms with E-state index < -0.39 is 6.10 Å². The first-order valence-electron chi connectivity index (χ1n) is 7.82. The maximum Gasteiger partial charge on any atom is 0.307 e. The van der Waals surface area contributed by atoms with Crippen molar-refractivity contribution in [3.05, 3.63) is 35.6 Å². The van der Waals surface area contributed by atoms with Crippen LogP contribution in [0.4, 0.5) is 4.39 Å². The van der Waals surface area contributed by atoms with Gasteiger partial charge in [-0.1, -0.05) is 12.1 Å². The van der Waals surface area contributed by atoms with E-state index in [-0.39, 0.29) is 24.1 Å². The largest absolute Gasteiger partial charge is 0.469 e. The number of rotatable bonds is 7. The highest BCUT2D eigenvalue weighted by atomic mass is 19.1. The third-order valence-corrected chi connectivity index (χ3v) is 3.91. The Morgan fingerprint density at radius 2 is 2.04 bits per heavy atom. The molecule has 0 radical (unpaired) electrons. The summed E-state index contributed by atoms with van der Waals surface area (Å²) in [6, 6.07) is 6.20. The zero-order chi connectivity index (χ0) is 16.7. The quantitative estimate of drug-likeness (QED) is 0.720. The topological polar surface area (TPSA) is 55.8 Å². The molecule has 1 aliphatic heterocycles. The first kappa shape index (κ1) is 17.4. The summed E-state index contributed by atoms with van der Waals surface area (Å²) in [5.74, 6) is -0.725. The zero-order valence-electron chi connectivity index (χ0n) is 13.3. The van der Waals surface area contributed by atoms with Gasteiger partial charge in [-0.2, -0.15) is 0 Å². The van der Waals surface area contributed by atoms with Crippen molar-refractivity contribution < 1.29 is 23.5 Å². The number of benzene rings is 1. The molecule has 1 saturated heterocycles. The van der Waals surface area contributed by atoms with Gasteiger partial charge in [-0.15, -0.1) is 0 Å². The average molecular weight is 323 g/mol. The van der Waals surface area contributed by atoms with E-state index in [4.69, 9.17) is 4.74 Å². The monoisotopic (exact) mass is 323 g/mol. The van der Waals surface area contributed by atoms with Crippen molar-refractivity contribution in [3.8, 4) is 0 Å². The van der Waals surface area contributed by atoms with Crippen LogP contribution in [0.5, 0.6) is 0 Å². The van der Waals surface area contributed by atoms with Crippen LogP contribution in [0.15, 0.2) is 24.3 Å². The lowest BCUT2D eigenvalue weighted by Crippen LogP contribution is -2.41. The molecule has 1 atom stereocenters. The zero-order valence-corrected chi connectivity index (χ0v) is 13.3. The van der Waals surface area contributed by atoms with Gasteiger partial charge >= 0.3 is 5.97 Å². The summed E-state index contributed by atoms with van der Waals surface area (Å²) in [5.41, 5.74) is 0.939. The second-order valence-corrected chi connectivity index (χ2v) is 5.53. The van der Waals surface area contributed by atoms with Gasteiger partial charge in [0, 0.05) is 19.7 Å². The highest BCUT2D eigenvalue weighted by Gasteiger charge is 2.28. The number of carbonyl (C=O) groups excluding carboxylic acids is 2. The molecule has 0 aliphatic carbocycles. The molecular formula is C17H22FNO4. The Kier molecular flexibility index (Phi) is 6.52.